The van der Waals surface area contributed by atoms with E-state index in [1.165, 1.54) is 0 Å². The van der Waals surface area contributed by atoms with Gasteiger partial charge in [-0.3, -0.25) is 4.79 Å². The van der Waals surface area contributed by atoms with Crippen LogP contribution in [0.4, 0.5) is 0 Å². The zero-order chi connectivity index (χ0) is 21.0. The average Bonchev–Trinajstić information content (AvgIpc) is 2.62. The van der Waals surface area contributed by atoms with Crippen LogP contribution in [0.15, 0.2) is 60.7 Å². The first-order valence-corrected chi connectivity index (χ1v) is 9.72. The Morgan fingerprint density at radius 2 is 1.81 bits per heavy atom. The number of hydrogen-bond donors (Lipinski definition) is 1. The van der Waals surface area contributed by atoms with Crippen LogP contribution < -0.4 is 0 Å². The molecule has 0 aliphatic carbocycles. The van der Waals surface area contributed by atoms with Crippen molar-refractivity contribution in [1.82, 2.24) is 0 Å². The average molecular weight is 393 g/mol. The molecule has 0 aliphatic heterocycles. The number of aliphatic hydroxyl groups excluding tert-OH is 1. The number of ether oxygens (including phenoxy) is 1. The van der Waals surface area contributed by atoms with Gasteiger partial charge in [-0.15, -0.1) is 0 Å². The Balaban J connectivity index is 0.00000326. The number of halogens is 1. The quantitative estimate of drug-likeness (QED) is 0.317. The minimum atomic E-state index is -1.06. The first-order chi connectivity index (χ1) is 12.7. The fraction of sp³-hybridized carbons (Fsp3) is 0.435. The molecule has 0 aromatic heterocycles. The van der Waals surface area contributed by atoms with Crippen molar-refractivity contribution < 1.29 is 14.6 Å². The molecule has 1 aromatic rings. The van der Waals surface area contributed by atoms with Crippen LogP contribution in [0.3, 0.4) is 0 Å². The van der Waals surface area contributed by atoms with Crippen molar-refractivity contribution in [3.05, 3.63) is 71.3 Å². The number of carbonyl (C=O) groups excluding carboxylic acids is 1. The Bertz CT molecular complexity index is 637. The van der Waals surface area contributed by atoms with Crippen molar-refractivity contribution >= 4 is 17.4 Å². The molecular weight excluding hydrogens is 360 g/mol. The molecule has 0 saturated carbocycles. The summed E-state index contributed by atoms with van der Waals surface area (Å²) in [6.07, 6.45) is 6.45. The van der Waals surface area contributed by atoms with Crippen LogP contribution in [0, 0.1) is 5.92 Å². The van der Waals surface area contributed by atoms with Crippen LogP contribution in [0.5, 0.6) is 0 Å². The molecule has 0 spiro atoms. The monoisotopic (exact) mass is 392 g/mol. The number of Topliss-reactive ketones (excluding diaryl/α,β-unsaturated/α-hetero) is 1. The van der Waals surface area contributed by atoms with Crippen LogP contribution >= 0.6 is 11.6 Å². The van der Waals surface area contributed by atoms with Gasteiger partial charge < -0.3 is 9.84 Å². The summed E-state index contributed by atoms with van der Waals surface area (Å²) < 4.78 is 5.51. The van der Waals surface area contributed by atoms with Crippen molar-refractivity contribution in [2.75, 3.05) is 0 Å². The normalized spacial score (nSPS) is 14.3. The molecular formula is C23H33ClO3. The van der Waals surface area contributed by atoms with Crippen molar-refractivity contribution in [2.45, 2.75) is 59.9 Å². The Hall–Kier alpha value is -1.68. The second-order valence-electron chi connectivity index (χ2n) is 6.72. The van der Waals surface area contributed by atoms with E-state index in [4.69, 9.17) is 16.3 Å². The van der Waals surface area contributed by atoms with Crippen LogP contribution in [-0.2, 0) is 4.74 Å². The zero-order valence-corrected chi connectivity index (χ0v) is 18.1. The highest BCUT2D eigenvalue weighted by Gasteiger charge is 2.18. The number of benzene rings is 1. The minimum absolute atomic E-state index is 0.0375. The molecule has 0 bridgehead atoms. The summed E-state index contributed by atoms with van der Waals surface area (Å²) in [5.74, 6) is -0.209. The lowest BCUT2D eigenvalue weighted by Crippen LogP contribution is -2.28. The Labute approximate surface area is 169 Å². The molecule has 0 radical (unpaired) electrons. The van der Waals surface area contributed by atoms with E-state index in [0.29, 0.717) is 22.6 Å². The standard InChI is InChI=1S/C21H27ClO3.C2H6/c1-6-15(19(23)17-11-13-18(22)14-12-17)9-8-10-16(7-2)20(24)25-21(3,4)5;1-2/h7-15,20,24H,2,6H2,1,3-5H3;1-2H3/b9-8+,16-10+;. The first kappa shape index (κ1) is 25.3. The Morgan fingerprint density at radius 1 is 1.26 bits per heavy atom. The summed E-state index contributed by atoms with van der Waals surface area (Å²) in [7, 11) is 0. The maximum Gasteiger partial charge on any atom is 0.181 e. The van der Waals surface area contributed by atoms with Gasteiger partial charge in [0.1, 0.15) is 0 Å². The fourth-order valence-corrected chi connectivity index (χ4v) is 2.32. The maximum absolute atomic E-state index is 12.5. The molecule has 1 N–H and O–H groups in total. The third-order valence-electron chi connectivity index (χ3n) is 3.52. The fourth-order valence-electron chi connectivity index (χ4n) is 2.19. The molecule has 0 amide bonds. The number of hydrogen-bond acceptors (Lipinski definition) is 3. The second-order valence-corrected chi connectivity index (χ2v) is 7.16. The van der Waals surface area contributed by atoms with Crippen molar-refractivity contribution in [1.29, 1.82) is 0 Å². The van der Waals surface area contributed by atoms with Gasteiger partial charge >= 0.3 is 0 Å². The van der Waals surface area contributed by atoms with E-state index in [9.17, 15) is 9.90 Å². The summed E-state index contributed by atoms with van der Waals surface area (Å²) in [5.41, 5.74) is 0.701. The van der Waals surface area contributed by atoms with Crippen LogP contribution in [0.2, 0.25) is 5.02 Å². The molecule has 0 fully saturated rings. The second kappa shape index (κ2) is 12.7. The third kappa shape index (κ3) is 9.71. The molecule has 0 saturated heterocycles. The largest absolute Gasteiger partial charge is 0.364 e. The van der Waals surface area contributed by atoms with E-state index in [1.807, 2.05) is 47.6 Å². The summed E-state index contributed by atoms with van der Waals surface area (Å²) in [5, 5.41) is 10.7. The van der Waals surface area contributed by atoms with Crippen molar-refractivity contribution in [3.8, 4) is 0 Å². The number of ketones is 1. The summed E-state index contributed by atoms with van der Waals surface area (Å²) in [6.45, 7) is 15.3. The predicted octanol–water partition coefficient (Wildman–Crippen LogP) is 6.38. The van der Waals surface area contributed by atoms with E-state index in [0.717, 1.165) is 0 Å². The molecule has 27 heavy (non-hydrogen) atoms. The molecule has 0 heterocycles. The lowest BCUT2D eigenvalue weighted by Gasteiger charge is -2.24. The van der Waals surface area contributed by atoms with E-state index in [-0.39, 0.29) is 11.7 Å². The molecule has 1 rings (SSSR count). The van der Waals surface area contributed by atoms with E-state index < -0.39 is 11.9 Å². The first-order valence-electron chi connectivity index (χ1n) is 9.34. The number of allylic oxidation sites excluding steroid dienone is 3. The van der Waals surface area contributed by atoms with Crippen molar-refractivity contribution in [2.24, 2.45) is 5.92 Å². The lowest BCUT2D eigenvalue weighted by molar-refractivity contribution is -0.142. The minimum Gasteiger partial charge on any atom is -0.364 e. The molecule has 2 atom stereocenters. The van der Waals surface area contributed by atoms with E-state index >= 15 is 0 Å². The highest BCUT2D eigenvalue weighted by atomic mass is 35.5. The van der Waals surface area contributed by atoms with Gasteiger partial charge in [0, 0.05) is 22.1 Å². The van der Waals surface area contributed by atoms with Gasteiger partial charge in [0.05, 0.1) is 5.60 Å². The Kier molecular flexibility index (Phi) is 11.9. The molecule has 4 heteroatoms. The van der Waals surface area contributed by atoms with Crippen LogP contribution in [0.1, 0.15) is 58.3 Å². The number of carbonyl (C=O) groups is 1. The summed E-state index contributed by atoms with van der Waals surface area (Å²) in [6, 6.07) is 6.88. The molecule has 0 aliphatic rings. The SMILES string of the molecule is C=C/C(=C\C=C\C(CC)C(=O)c1ccc(Cl)cc1)C(O)OC(C)(C)C.CC. The predicted molar refractivity (Wildman–Crippen MR) is 115 cm³/mol. The molecule has 150 valence electrons. The van der Waals surface area contributed by atoms with E-state index in [1.54, 1.807) is 42.5 Å². The topological polar surface area (TPSA) is 46.5 Å². The molecule has 3 nitrogen and oxygen atoms in total. The van der Waals surface area contributed by atoms with Gasteiger partial charge in [0.25, 0.3) is 0 Å². The van der Waals surface area contributed by atoms with Gasteiger partial charge in [0.15, 0.2) is 12.1 Å². The molecule has 2 unspecified atom stereocenters. The van der Waals surface area contributed by atoms with E-state index in [2.05, 4.69) is 6.58 Å². The number of aliphatic hydroxyl groups is 1. The van der Waals surface area contributed by atoms with Gasteiger partial charge in [-0.2, -0.15) is 0 Å². The van der Waals surface area contributed by atoms with Gasteiger partial charge in [-0.25, -0.2) is 0 Å². The van der Waals surface area contributed by atoms with Gasteiger partial charge in [0.2, 0.25) is 0 Å². The smallest absolute Gasteiger partial charge is 0.181 e. The van der Waals surface area contributed by atoms with Gasteiger partial charge in [-0.05, 0) is 51.5 Å². The number of rotatable bonds is 8. The molecule has 1 aromatic carbocycles. The highest BCUT2D eigenvalue weighted by molar-refractivity contribution is 6.30. The van der Waals surface area contributed by atoms with Crippen LogP contribution in [0.25, 0.3) is 0 Å². The zero-order valence-electron chi connectivity index (χ0n) is 17.3. The highest BCUT2D eigenvalue weighted by Crippen LogP contribution is 2.18. The third-order valence-corrected chi connectivity index (χ3v) is 3.78. The van der Waals surface area contributed by atoms with Crippen molar-refractivity contribution in [3.63, 3.8) is 0 Å². The Morgan fingerprint density at radius 3 is 2.26 bits per heavy atom. The van der Waals surface area contributed by atoms with Gasteiger partial charge in [-0.1, -0.05) is 63.3 Å². The summed E-state index contributed by atoms with van der Waals surface area (Å²) >= 11 is 5.86. The lowest BCUT2D eigenvalue weighted by atomic mass is 9.94. The summed E-state index contributed by atoms with van der Waals surface area (Å²) in [4.78, 5) is 12.5. The van der Waals surface area contributed by atoms with Crippen LogP contribution in [-0.4, -0.2) is 22.8 Å². The maximum atomic E-state index is 12.5.